The second-order valence-electron chi connectivity index (χ2n) is 2.69. The zero-order valence-corrected chi connectivity index (χ0v) is 6.58. The fourth-order valence-electron chi connectivity index (χ4n) is 0.872. The molecule has 0 aliphatic carbocycles. The Hall–Kier alpha value is -0.0800. The van der Waals surface area contributed by atoms with Crippen molar-refractivity contribution < 1.29 is 10.2 Å². The molecule has 61 valence electrons. The van der Waals surface area contributed by atoms with Crippen molar-refractivity contribution in [2.45, 2.75) is 44.8 Å². The Morgan fingerprint density at radius 2 is 2.00 bits per heavy atom. The molecule has 0 aliphatic heterocycles. The normalized spacial score (nSPS) is 16.8. The Labute approximate surface area is 62.9 Å². The molecule has 0 saturated carbocycles. The van der Waals surface area contributed by atoms with E-state index in [-0.39, 0.29) is 6.10 Å². The Morgan fingerprint density at radius 1 is 1.40 bits per heavy atom. The molecule has 0 saturated heterocycles. The first-order chi connectivity index (χ1) is 4.66. The SMILES string of the molecule is [CH2]C(O)CC(O)CCCC. The molecule has 0 amide bonds. The quantitative estimate of drug-likeness (QED) is 0.608. The van der Waals surface area contributed by atoms with Crippen LogP contribution in [0.1, 0.15) is 32.6 Å². The van der Waals surface area contributed by atoms with Crippen LogP contribution in [-0.4, -0.2) is 22.4 Å². The van der Waals surface area contributed by atoms with Gasteiger partial charge in [0.2, 0.25) is 0 Å². The van der Waals surface area contributed by atoms with E-state index in [0.717, 1.165) is 19.3 Å². The minimum Gasteiger partial charge on any atom is -0.393 e. The zero-order valence-electron chi connectivity index (χ0n) is 6.58. The summed E-state index contributed by atoms with van der Waals surface area (Å²) in [5, 5.41) is 17.9. The van der Waals surface area contributed by atoms with Crippen LogP contribution in [0.3, 0.4) is 0 Å². The second kappa shape index (κ2) is 5.69. The molecule has 1 radical (unpaired) electrons. The highest BCUT2D eigenvalue weighted by molar-refractivity contribution is 4.64. The average molecular weight is 145 g/mol. The van der Waals surface area contributed by atoms with E-state index < -0.39 is 6.10 Å². The third kappa shape index (κ3) is 6.05. The van der Waals surface area contributed by atoms with Crippen LogP contribution in [0, 0.1) is 6.92 Å². The van der Waals surface area contributed by atoms with E-state index in [9.17, 15) is 0 Å². The molecule has 2 unspecified atom stereocenters. The minimum absolute atomic E-state index is 0.368. The van der Waals surface area contributed by atoms with Gasteiger partial charge in [0.15, 0.2) is 0 Å². The molecule has 2 heteroatoms. The average Bonchev–Trinajstić information content (AvgIpc) is 1.82. The van der Waals surface area contributed by atoms with E-state index in [1.807, 2.05) is 0 Å². The highest BCUT2D eigenvalue weighted by Crippen LogP contribution is 2.05. The molecule has 0 bridgehead atoms. The van der Waals surface area contributed by atoms with Gasteiger partial charge in [0.05, 0.1) is 12.2 Å². The lowest BCUT2D eigenvalue weighted by atomic mass is 10.1. The van der Waals surface area contributed by atoms with Crippen LogP contribution >= 0.6 is 0 Å². The molecule has 0 aromatic heterocycles. The molecular weight excluding hydrogens is 128 g/mol. The van der Waals surface area contributed by atoms with Gasteiger partial charge in [0.1, 0.15) is 0 Å². The Kier molecular flexibility index (Phi) is 5.64. The van der Waals surface area contributed by atoms with Crippen molar-refractivity contribution in [2.75, 3.05) is 0 Å². The number of rotatable bonds is 5. The summed E-state index contributed by atoms with van der Waals surface area (Å²) in [7, 11) is 0. The fourth-order valence-corrected chi connectivity index (χ4v) is 0.872. The van der Waals surface area contributed by atoms with Gasteiger partial charge in [-0.3, -0.25) is 0 Å². The molecule has 2 nitrogen and oxygen atoms in total. The zero-order chi connectivity index (χ0) is 7.98. The molecule has 0 spiro atoms. The smallest absolute Gasteiger partial charge is 0.0565 e. The third-order valence-electron chi connectivity index (χ3n) is 1.44. The predicted octanol–water partition coefficient (Wildman–Crippen LogP) is 1.12. The van der Waals surface area contributed by atoms with E-state index in [1.54, 1.807) is 0 Å². The molecular formula is C8H17O2. The van der Waals surface area contributed by atoms with Crippen LogP contribution in [0.4, 0.5) is 0 Å². The third-order valence-corrected chi connectivity index (χ3v) is 1.44. The molecule has 0 heterocycles. The standard InChI is InChI=1S/C8H17O2/c1-3-4-5-8(10)6-7(2)9/h7-10H,2-6H2,1H3. The topological polar surface area (TPSA) is 40.5 Å². The van der Waals surface area contributed by atoms with Gasteiger partial charge < -0.3 is 10.2 Å². The Balaban J connectivity index is 3.16. The summed E-state index contributed by atoms with van der Waals surface area (Å²) < 4.78 is 0. The van der Waals surface area contributed by atoms with Gasteiger partial charge in [0, 0.05) is 0 Å². The minimum atomic E-state index is -0.619. The van der Waals surface area contributed by atoms with Gasteiger partial charge >= 0.3 is 0 Å². The predicted molar refractivity (Wildman–Crippen MR) is 41.5 cm³/mol. The second-order valence-corrected chi connectivity index (χ2v) is 2.69. The summed E-state index contributed by atoms with van der Waals surface area (Å²) >= 11 is 0. The maximum absolute atomic E-state index is 9.15. The van der Waals surface area contributed by atoms with Gasteiger partial charge in [-0.2, -0.15) is 0 Å². The van der Waals surface area contributed by atoms with Crippen LogP contribution in [-0.2, 0) is 0 Å². The van der Waals surface area contributed by atoms with Gasteiger partial charge in [-0.25, -0.2) is 0 Å². The van der Waals surface area contributed by atoms with Crippen LogP contribution in [0.2, 0.25) is 0 Å². The lowest BCUT2D eigenvalue weighted by Crippen LogP contribution is -2.14. The molecule has 2 N–H and O–H groups in total. The van der Waals surface area contributed by atoms with Crippen molar-refractivity contribution in [3.05, 3.63) is 6.92 Å². The van der Waals surface area contributed by atoms with Crippen molar-refractivity contribution in [1.82, 2.24) is 0 Å². The van der Waals surface area contributed by atoms with Gasteiger partial charge in [-0.1, -0.05) is 19.8 Å². The number of aliphatic hydroxyl groups is 2. The highest BCUT2D eigenvalue weighted by atomic mass is 16.3. The summed E-state index contributed by atoms with van der Waals surface area (Å²) in [5.41, 5.74) is 0. The summed E-state index contributed by atoms with van der Waals surface area (Å²) in [4.78, 5) is 0. The number of hydrogen-bond acceptors (Lipinski definition) is 2. The van der Waals surface area contributed by atoms with Crippen LogP contribution in [0.15, 0.2) is 0 Å². The Morgan fingerprint density at radius 3 is 2.40 bits per heavy atom. The molecule has 2 atom stereocenters. The van der Waals surface area contributed by atoms with Gasteiger partial charge in [-0.15, -0.1) is 0 Å². The highest BCUT2D eigenvalue weighted by Gasteiger charge is 2.06. The van der Waals surface area contributed by atoms with E-state index in [0.29, 0.717) is 6.42 Å². The molecule has 0 rings (SSSR count). The Bertz CT molecular complexity index is 71.7. The van der Waals surface area contributed by atoms with E-state index in [2.05, 4.69) is 13.8 Å². The molecule has 0 aromatic rings. The summed E-state index contributed by atoms with van der Waals surface area (Å²) in [6.07, 6.45) is 2.31. The first kappa shape index (κ1) is 9.92. The summed E-state index contributed by atoms with van der Waals surface area (Å²) in [6.45, 7) is 5.46. The first-order valence-corrected chi connectivity index (χ1v) is 3.86. The van der Waals surface area contributed by atoms with Gasteiger partial charge in [-0.05, 0) is 19.8 Å². The number of aliphatic hydroxyl groups excluding tert-OH is 2. The van der Waals surface area contributed by atoms with Crippen LogP contribution in [0.25, 0.3) is 0 Å². The monoisotopic (exact) mass is 145 g/mol. The summed E-state index contributed by atoms with van der Waals surface area (Å²) in [5.74, 6) is 0. The van der Waals surface area contributed by atoms with Crippen molar-refractivity contribution in [3.63, 3.8) is 0 Å². The van der Waals surface area contributed by atoms with Crippen molar-refractivity contribution in [1.29, 1.82) is 0 Å². The fraction of sp³-hybridized carbons (Fsp3) is 0.875. The molecule has 0 aromatic carbocycles. The maximum atomic E-state index is 9.15. The number of unbranched alkanes of at least 4 members (excludes halogenated alkanes) is 1. The van der Waals surface area contributed by atoms with Gasteiger partial charge in [0.25, 0.3) is 0 Å². The molecule has 10 heavy (non-hydrogen) atoms. The van der Waals surface area contributed by atoms with E-state index in [4.69, 9.17) is 10.2 Å². The maximum Gasteiger partial charge on any atom is 0.0565 e. The van der Waals surface area contributed by atoms with Crippen LogP contribution in [0.5, 0.6) is 0 Å². The molecule has 0 fully saturated rings. The van der Waals surface area contributed by atoms with Crippen molar-refractivity contribution >= 4 is 0 Å². The van der Waals surface area contributed by atoms with Crippen molar-refractivity contribution in [2.24, 2.45) is 0 Å². The van der Waals surface area contributed by atoms with E-state index in [1.165, 1.54) is 0 Å². The van der Waals surface area contributed by atoms with E-state index >= 15 is 0 Å². The first-order valence-electron chi connectivity index (χ1n) is 3.86. The largest absolute Gasteiger partial charge is 0.393 e. The molecule has 0 aliphatic rings. The van der Waals surface area contributed by atoms with Crippen LogP contribution < -0.4 is 0 Å². The lowest BCUT2D eigenvalue weighted by molar-refractivity contribution is 0.0950. The summed E-state index contributed by atoms with van der Waals surface area (Å²) in [6, 6.07) is 0. The number of hydrogen-bond donors (Lipinski definition) is 2. The lowest BCUT2D eigenvalue weighted by Gasteiger charge is -2.10. The van der Waals surface area contributed by atoms with Crippen molar-refractivity contribution in [3.8, 4) is 0 Å².